The fourth-order valence-electron chi connectivity index (χ4n) is 2.70. The van der Waals surface area contributed by atoms with Crippen LogP contribution in [-0.2, 0) is 16.0 Å². The van der Waals surface area contributed by atoms with Crippen molar-refractivity contribution in [1.82, 2.24) is 10.2 Å². The van der Waals surface area contributed by atoms with Crippen molar-refractivity contribution >= 4 is 46.5 Å². The zero-order valence-electron chi connectivity index (χ0n) is 15.7. The second-order valence-electron chi connectivity index (χ2n) is 6.26. The van der Waals surface area contributed by atoms with Gasteiger partial charge in [0, 0.05) is 18.1 Å². The van der Waals surface area contributed by atoms with Crippen molar-refractivity contribution < 1.29 is 19.1 Å². The molecule has 1 aliphatic rings. The van der Waals surface area contributed by atoms with Crippen LogP contribution in [0.5, 0.6) is 5.75 Å². The SMILES string of the molecule is COc1ccc(/C=C2\SC(=O)N(CCNC(=O)Cc3ccc(Cl)cc3)C2=O)cc1. The number of nitrogens with zero attached hydrogens (tertiary/aromatic N) is 1. The van der Waals surface area contributed by atoms with Gasteiger partial charge >= 0.3 is 0 Å². The Bertz CT molecular complexity index is 942. The van der Waals surface area contributed by atoms with Crippen molar-refractivity contribution in [2.24, 2.45) is 0 Å². The summed E-state index contributed by atoms with van der Waals surface area (Å²) in [5.74, 6) is 0.167. The van der Waals surface area contributed by atoms with Crippen molar-refractivity contribution in [3.63, 3.8) is 0 Å². The molecule has 1 heterocycles. The Balaban J connectivity index is 1.52. The highest BCUT2D eigenvalue weighted by Crippen LogP contribution is 2.32. The van der Waals surface area contributed by atoms with Gasteiger partial charge in [-0.2, -0.15) is 0 Å². The quantitative estimate of drug-likeness (QED) is 0.677. The molecule has 0 radical (unpaired) electrons. The zero-order chi connectivity index (χ0) is 20.8. The average Bonchev–Trinajstić information content (AvgIpc) is 2.97. The lowest BCUT2D eigenvalue weighted by molar-refractivity contribution is -0.124. The van der Waals surface area contributed by atoms with E-state index in [1.165, 1.54) is 0 Å². The van der Waals surface area contributed by atoms with Crippen LogP contribution in [0.25, 0.3) is 6.08 Å². The summed E-state index contributed by atoms with van der Waals surface area (Å²) in [6.07, 6.45) is 1.87. The van der Waals surface area contributed by atoms with Crippen LogP contribution >= 0.6 is 23.4 Å². The molecule has 1 N–H and O–H groups in total. The molecule has 150 valence electrons. The van der Waals surface area contributed by atoms with E-state index >= 15 is 0 Å². The highest BCUT2D eigenvalue weighted by atomic mass is 35.5. The van der Waals surface area contributed by atoms with E-state index in [0.717, 1.165) is 27.8 Å². The number of nitrogens with one attached hydrogen (secondary N) is 1. The van der Waals surface area contributed by atoms with Crippen molar-refractivity contribution in [3.05, 3.63) is 69.6 Å². The number of imide groups is 1. The minimum Gasteiger partial charge on any atom is -0.497 e. The third kappa shape index (κ3) is 5.62. The van der Waals surface area contributed by atoms with Gasteiger partial charge in [-0.05, 0) is 53.2 Å². The molecule has 29 heavy (non-hydrogen) atoms. The largest absolute Gasteiger partial charge is 0.497 e. The standard InChI is InChI=1S/C21H19ClN2O4S/c1-28-17-8-4-14(5-9-17)12-18-20(26)24(21(27)29-18)11-10-23-19(25)13-15-2-6-16(22)7-3-15/h2-9,12H,10-11,13H2,1H3,(H,23,25)/b18-12-. The van der Waals surface area contributed by atoms with Gasteiger partial charge in [0.15, 0.2) is 0 Å². The van der Waals surface area contributed by atoms with Crippen LogP contribution in [0.4, 0.5) is 4.79 Å². The summed E-state index contributed by atoms with van der Waals surface area (Å²) >= 11 is 6.72. The number of amides is 3. The van der Waals surface area contributed by atoms with E-state index in [2.05, 4.69) is 5.32 Å². The van der Waals surface area contributed by atoms with Crippen molar-refractivity contribution in [3.8, 4) is 5.75 Å². The first-order chi connectivity index (χ1) is 14.0. The molecule has 3 amide bonds. The number of hydrogen-bond acceptors (Lipinski definition) is 5. The van der Waals surface area contributed by atoms with E-state index in [-0.39, 0.29) is 36.6 Å². The molecule has 2 aromatic rings. The number of methoxy groups -OCH3 is 1. The van der Waals surface area contributed by atoms with Crippen LogP contribution in [0.3, 0.4) is 0 Å². The molecule has 0 bridgehead atoms. The molecule has 0 saturated carbocycles. The highest BCUT2D eigenvalue weighted by Gasteiger charge is 2.34. The Morgan fingerprint density at radius 1 is 1.14 bits per heavy atom. The van der Waals surface area contributed by atoms with E-state index in [9.17, 15) is 14.4 Å². The third-order valence-electron chi connectivity index (χ3n) is 4.22. The first-order valence-electron chi connectivity index (χ1n) is 8.87. The Morgan fingerprint density at radius 3 is 2.48 bits per heavy atom. The predicted molar refractivity (Wildman–Crippen MR) is 114 cm³/mol. The molecule has 1 fully saturated rings. The molecule has 0 unspecified atom stereocenters. The van der Waals surface area contributed by atoms with Gasteiger partial charge in [0.1, 0.15) is 5.75 Å². The molecule has 8 heteroatoms. The molecule has 3 rings (SSSR count). The van der Waals surface area contributed by atoms with Gasteiger partial charge in [0.05, 0.1) is 18.4 Å². The van der Waals surface area contributed by atoms with Crippen LogP contribution in [0.1, 0.15) is 11.1 Å². The van der Waals surface area contributed by atoms with E-state index in [1.807, 2.05) is 12.1 Å². The molecule has 0 atom stereocenters. The molecule has 0 spiro atoms. The van der Waals surface area contributed by atoms with Crippen molar-refractivity contribution in [1.29, 1.82) is 0 Å². The fourth-order valence-corrected chi connectivity index (χ4v) is 3.69. The lowest BCUT2D eigenvalue weighted by Gasteiger charge is -2.13. The summed E-state index contributed by atoms with van der Waals surface area (Å²) in [5.41, 5.74) is 1.63. The smallest absolute Gasteiger partial charge is 0.293 e. The summed E-state index contributed by atoms with van der Waals surface area (Å²) < 4.78 is 5.11. The second-order valence-corrected chi connectivity index (χ2v) is 7.69. The Labute approximate surface area is 177 Å². The van der Waals surface area contributed by atoms with E-state index in [1.54, 1.807) is 49.6 Å². The normalized spacial score (nSPS) is 15.1. The summed E-state index contributed by atoms with van der Waals surface area (Å²) in [4.78, 5) is 38.2. The second kappa shape index (κ2) is 9.62. The summed E-state index contributed by atoms with van der Waals surface area (Å²) in [7, 11) is 1.58. The summed E-state index contributed by atoms with van der Waals surface area (Å²) in [6.45, 7) is 0.317. The van der Waals surface area contributed by atoms with Crippen LogP contribution in [0.2, 0.25) is 5.02 Å². The lowest BCUT2D eigenvalue weighted by atomic mass is 10.1. The number of thioether (sulfide) groups is 1. The molecule has 0 aliphatic carbocycles. The van der Waals surface area contributed by atoms with E-state index < -0.39 is 0 Å². The van der Waals surface area contributed by atoms with Crippen molar-refractivity contribution in [2.75, 3.05) is 20.2 Å². The van der Waals surface area contributed by atoms with Crippen molar-refractivity contribution in [2.45, 2.75) is 6.42 Å². The number of benzene rings is 2. The molecular weight excluding hydrogens is 412 g/mol. The van der Waals surface area contributed by atoms with Gasteiger partial charge < -0.3 is 10.1 Å². The Hall–Kier alpha value is -2.77. The Kier molecular flexibility index (Phi) is 6.95. The summed E-state index contributed by atoms with van der Waals surface area (Å²) in [5, 5.41) is 2.99. The molecule has 1 aliphatic heterocycles. The maximum atomic E-state index is 12.5. The maximum Gasteiger partial charge on any atom is 0.293 e. The number of ether oxygens (including phenoxy) is 1. The van der Waals surface area contributed by atoms with Gasteiger partial charge in [-0.3, -0.25) is 19.3 Å². The number of carbonyl (C=O) groups is 3. The fraction of sp³-hybridized carbons (Fsp3) is 0.190. The minimum absolute atomic E-state index is 0.122. The number of rotatable bonds is 7. The molecule has 6 nitrogen and oxygen atoms in total. The van der Waals surface area contributed by atoms with Crippen LogP contribution < -0.4 is 10.1 Å². The van der Waals surface area contributed by atoms with Gasteiger partial charge in [-0.1, -0.05) is 35.9 Å². The average molecular weight is 431 g/mol. The van der Waals surface area contributed by atoms with Gasteiger partial charge in [0.25, 0.3) is 11.1 Å². The van der Waals surface area contributed by atoms with E-state index in [4.69, 9.17) is 16.3 Å². The van der Waals surface area contributed by atoms with Gasteiger partial charge in [0.2, 0.25) is 5.91 Å². The zero-order valence-corrected chi connectivity index (χ0v) is 17.3. The number of hydrogen-bond donors (Lipinski definition) is 1. The van der Waals surface area contributed by atoms with Crippen LogP contribution in [0, 0.1) is 0 Å². The molecule has 2 aromatic carbocycles. The highest BCUT2D eigenvalue weighted by molar-refractivity contribution is 8.18. The van der Waals surface area contributed by atoms with Crippen LogP contribution in [0.15, 0.2) is 53.4 Å². The predicted octanol–water partition coefficient (Wildman–Crippen LogP) is 3.74. The number of halogens is 1. The van der Waals surface area contributed by atoms with Gasteiger partial charge in [-0.25, -0.2) is 0 Å². The topological polar surface area (TPSA) is 75.7 Å². The molecule has 1 saturated heterocycles. The first kappa shape index (κ1) is 21.0. The summed E-state index contributed by atoms with van der Waals surface area (Å²) in [6, 6.07) is 14.2. The molecular formula is C21H19ClN2O4S. The maximum absolute atomic E-state index is 12.5. The third-order valence-corrected chi connectivity index (χ3v) is 5.38. The first-order valence-corrected chi connectivity index (χ1v) is 10.1. The monoisotopic (exact) mass is 430 g/mol. The minimum atomic E-state index is -0.359. The number of carbonyl (C=O) groups excluding carboxylic acids is 3. The van der Waals surface area contributed by atoms with E-state index in [0.29, 0.717) is 15.7 Å². The van der Waals surface area contributed by atoms with Crippen LogP contribution in [-0.4, -0.2) is 42.2 Å². The molecule has 0 aromatic heterocycles. The Morgan fingerprint density at radius 2 is 1.83 bits per heavy atom. The lowest BCUT2D eigenvalue weighted by Crippen LogP contribution is -2.37. The van der Waals surface area contributed by atoms with Gasteiger partial charge in [-0.15, -0.1) is 0 Å².